The van der Waals surface area contributed by atoms with Crippen LogP contribution < -0.4 is 10.7 Å². The fourth-order valence-corrected chi connectivity index (χ4v) is 0.694. The molecule has 1 heterocycles. The van der Waals surface area contributed by atoms with Gasteiger partial charge in [0.15, 0.2) is 5.11 Å². The molecule has 0 bridgehead atoms. The van der Waals surface area contributed by atoms with Crippen molar-refractivity contribution in [2.24, 2.45) is 5.10 Å². The molecular weight excluding hydrogens is 172 g/mol. The van der Waals surface area contributed by atoms with Gasteiger partial charge < -0.3 is 10.3 Å². The van der Waals surface area contributed by atoms with Gasteiger partial charge in [-0.15, -0.1) is 0 Å². The molecule has 0 atom stereocenters. The molecule has 1 aromatic heterocycles. The third-order valence-corrected chi connectivity index (χ3v) is 1.51. The van der Waals surface area contributed by atoms with Crippen molar-refractivity contribution >= 4 is 23.5 Å². The monoisotopic (exact) mass is 182 g/mol. The van der Waals surface area contributed by atoms with E-state index in [0.717, 1.165) is 5.69 Å². The van der Waals surface area contributed by atoms with Crippen LogP contribution >= 0.6 is 12.2 Å². The van der Waals surface area contributed by atoms with E-state index in [9.17, 15) is 0 Å². The minimum atomic E-state index is 0.498. The van der Waals surface area contributed by atoms with Crippen molar-refractivity contribution in [2.75, 3.05) is 7.05 Å². The van der Waals surface area contributed by atoms with Crippen molar-refractivity contribution in [1.29, 1.82) is 0 Å². The first-order valence-electron chi connectivity index (χ1n) is 3.47. The predicted octanol–water partition coefficient (Wildman–Crippen LogP) is 0.442. The summed E-state index contributed by atoms with van der Waals surface area (Å²) in [6.45, 7) is 0. The van der Waals surface area contributed by atoms with E-state index >= 15 is 0 Å². The lowest BCUT2D eigenvalue weighted by Crippen LogP contribution is -2.28. The first-order chi connectivity index (χ1) is 5.83. The smallest absolute Gasteiger partial charge is 0.186 e. The van der Waals surface area contributed by atoms with Gasteiger partial charge in [0.05, 0.1) is 11.9 Å². The van der Waals surface area contributed by atoms with Crippen molar-refractivity contribution in [1.82, 2.24) is 15.7 Å². The number of aromatic nitrogens is 1. The molecular formula is C7H10N4S. The van der Waals surface area contributed by atoms with Crippen molar-refractivity contribution in [2.45, 2.75) is 0 Å². The van der Waals surface area contributed by atoms with Crippen LogP contribution in [0.15, 0.2) is 23.4 Å². The Bertz CT molecular complexity index is 265. The molecule has 4 nitrogen and oxygen atoms in total. The van der Waals surface area contributed by atoms with E-state index in [1.54, 1.807) is 13.3 Å². The van der Waals surface area contributed by atoms with Gasteiger partial charge >= 0.3 is 0 Å². The molecule has 0 spiro atoms. The van der Waals surface area contributed by atoms with Gasteiger partial charge in [0.1, 0.15) is 0 Å². The zero-order valence-corrected chi connectivity index (χ0v) is 7.48. The van der Waals surface area contributed by atoms with Gasteiger partial charge in [0, 0.05) is 13.2 Å². The average Bonchev–Trinajstić information content (AvgIpc) is 2.57. The molecule has 0 aliphatic heterocycles. The van der Waals surface area contributed by atoms with Crippen LogP contribution in [0, 0.1) is 0 Å². The lowest BCUT2D eigenvalue weighted by molar-refractivity contribution is 0.981. The summed E-state index contributed by atoms with van der Waals surface area (Å²) in [7, 11) is 1.74. The first kappa shape index (κ1) is 8.73. The van der Waals surface area contributed by atoms with Crippen LogP contribution in [0.3, 0.4) is 0 Å². The lowest BCUT2D eigenvalue weighted by atomic mass is 10.5. The molecule has 0 unspecified atom stereocenters. The fraction of sp³-hybridized carbons (Fsp3) is 0.143. The van der Waals surface area contributed by atoms with Crippen LogP contribution in [0.1, 0.15) is 5.69 Å². The van der Waals surface area contributed by atoms with Crippen molar-refractivity contribution in [3.05, 3.63) is 24.0 Å². The van der Waals surface area contributed by atoms with Crippen LogP contribution in [0.4, 0.5) is 0 Å². The predicted molar refractivity (Wildman–Crippen MR) is 53.2 cm³/mol. The number of nitrogens with one attached hydrogen (secondary N) is 3. The Balaban J connectivity index is 2.37. The summed E-state index contributed by atoms with van der Waals surface area (Å²) in [6.07, 6.45) is 3.49. The Kier molecular flexibility index (Phi) is 3.28. The Morgan fingerprint density at radius 3 is 3.17 bits per heavy atom. The summed E-state index contributed by atoms with van der Waals surface area (Å²) in [4.78, 5) is 2.98. The number of hydrogen-bond donors (Lipinski definition) is 3. The summed E-state index contributed by atoms with van der Waals surface area (Å²) < 4.78 is 0. The molecule has 0 amide bonds. The van der Waals surface area contributed by atoms with Crippen molar-refractivity contribution < 1.29 is 0 Å². The average molecular weight is 182 g/mol. The van der Waals surface area contributed by atoms with Crippen molar-refractivity contribution in [3.8, 4) is 0 Å². The molecule has 1 rings (SSSR count). The number of hydrazone groups is 1. The molecule has 1 aromatic rings. The van der Waals surface area contributed by atoms with Crippen LogP contribution in [0.5, 0.6) is 0 Å². The van der Waals surface area contributed by atoms with Gasteiger partial charge in [0.2, 0.25) is 0 Å². The Hall–Kier alpha value is -1.36. The number of rotatable bonds is 2. The van der Waals surface area contributed by atoms with Gasteiger partial charge in [-0.05, 0) is 24.4 Å². The maximum Gasteiger partial charge on any atom is 0.186 e. The molecule has 0 aliphatic carbocycles. The molecule has 0 saturated carbocycles. The maximum absolute atomic E-state index is 4.80. The summed E-state index contributed by atoms with van der Waals surface area (Å²) >= 11 is 4.80. The SMILES string of the molecule is CNC(=S)N/N=C/c1ccc[nH]1. The summed E-state index contributed by atoms with van der Waals surface area (Å²) in [5, 5.41) is 7.11. The highest BCUT2D eigenvalue weighted by Crippen LogP contribution is 1.87. The second kappa shape index (κ2) is 4.50. The quantitative estimate of drug-likeness (QED) is 0.353. The topological polar surface area (TPSA) is 52.2 Å². The molecule has 0 aliphatic rings. The van der Waals surface area contributed by atoms with E-state index in [0.29, 0.717) is 5.11 Å². The molecule has 0 fully saturated rings. The second-order valence-electron chi connectivity index (χ2n) is 2.07. The fourth-order valence-electron chi connectivity index (χ4n) is 0.641. The van der Waals surface area contributed by atoms with E-state index in [2.05, 4.69) is 20.8 Å². The second-order valence-corrected chi connectivity index (χ2v) is 2.48. The molecule has 0 saturated heterocycles. The standard InChI is InChI=1S/C7H10N4S/c1-8-7(12)11-10-5-6-3-2-4-9-6/h2-5,9H,1H3,(H2,8,11,12)/b10-5+. The number of aromatic amines is 1. The highest BCUT2D eigenvalue weighted by atomic mass is 32.1. The van der Waals surface area contributed by atoms with E-state index < -0.39 is 0 Å². The number of hydrogen-bond acceptors (Lipinski definition) is 2. The Labute approximate surface area is 76.1 Å². The molecule has 0 aromatic carbocycles. The number of thiocarbonyl (C=S) groups is 1. The normalized spacial score (nSPS) is 10.1. The van der Waals surface area contributed by atoms with E-state index in [4.69, 9.17) is 12.2 Å². The highest BCUT2D eigenvalue weighted by molar-refractivity contribution is 7.80. The third-order valence-electron chi connectivity index (χ3n) is 1.22. The molecule has 5 heteroatoms. The Morgan fingerprint density at radius 1 is 1.75 bits per heavy atom. The number of nitrogens with zero attached hydrogens (tertiary/aromatic N) is 1. The summed E-state index contributed by atoms with van der Waals surface area (Å²) in [5.74, 6) is 0. The zero-order valence-electron chi connectivity index (χ0n) is 6.66. The van der Waals surface area contributed by atoms with E-state index in [1.807, 2.05) is 18.3 Å². The van der Waals surface area contributed by atoms with E-state index in [1.165, 1.54) is 0 Å². The maximum atomic E-state index is 4.80. The van der Waals surface area contributed by atoms with Crippen LogP contribution in [-0.4, -0.2) is 23.4 Å². The van der Waals surface area contributed by atoms with Gasteiger partial charge in [-0.2, -0.15) is 5.10 Å². The molecule has 0 radical (unpaired) electrons. The molecule has 64 valence electrons. The van der Waals surface area contributed by atoms with Gasteiger partial charge in [-0.1, -0.05) is 0 Å². The summed E-state index contributed by atoms with van der Waals surface area (Å²) in [5.41, 5.74) is 3.57. The van der Waals surface area contributed by atoms with E-state index in [-0.39, 0.29) is 0 Å². The van der Waals surface area contributed by atoms with Crippen LogP contribution in [0.2, 0.25) is 0 Å². The van der Waals surface area contributed by atoms with Crippen molar-refractivity contribution in [3.63, 3.8) is 0 Å². The third kappa shape index (κ3) is 2.71. The van der Waals surface area contributed by atoms with Gasteiger partial charge in [-0.3, -0.25) is 5.43 Å². The minimum absolute atomic E-state index is 0.498. The molecule has 3 N–H and O–H groups in total. The zero-order chi connectivity index (χ0) is 8.81. The van der Waals surface area contributed by atoms with Gasteiger partial charge in [0.25, 0.3) is 0 Å². The lowest BCUT2D eigenvalue weighted by Gasteiger charge is -1.98. The Morgan fingerprint density at radius 2 is 2.58 bits per heavy atom. The first-order valence-corrected chi connectivity index (χ1v) is 3.88. The molecule has 12 heavy (non-hydrogen) atoms. The minimum Gasteiger partial charge on any atom is -0.364 e. The van der Waals surface area contributed by atoms with Crippen LogP contribution in [0.25, 0.3) is 0 Å². The number of H-pyrrole nitrogens is 1. The summed E-state index contributed by atoms with van der Waals surface area (Å²) in [6, 6.07) is 3.81. The highest BCUT2D eigenvalue weighted by Gasteiger charge is 1.86. The van der Waals surface area contributed by atoms with Crippen LogP contribution in [-0.2, 0) is 0 Å². The largest absolute Gasteiger partial charge is 0.364 e. The van der Waals surface area contributed by atoms with Gasteiger partial charge in [-0.25, -0.2) is 0 Å².